The van der Waals surface area contributed by atoms with E-state index in [1.54, 1.807) is 26.0 Å². The zero-order valence-electron chi connectivity index (χ0n) is 17.4. The van der Waals surface area contributed by atoms with Crippen LogP contribution in [0, 0.1) is 12.7 Å². The van der Waals surface area contributed by atoms with Crippen molar-refractivity contribution in [3.05, 3.63) is 53.1 Å². The van der Waals surface area contributed by atoms with Crippen LogP contribution in [0.2, 0.25) is 0 Å². The monoisotopic (exact) mass is 451 g/mol. The molecule has 2 aromatic carbocycles. The predicted molar refractivity (Wildman–Crippen MR) is 110 cm³/mol. The van der Waals surface area contributed by atoms with Crippen molar-refractivity contribution in [1.29, 1.82) is 0 Å². The molecule has 6 nitrogen and oxygen atoms in total. The Morgan fingerprint density at radius 3 is 2.38 bits per heavy atom. The largest absolute Gasteiger partial charge is 0.487 e. The minimum Gasteiger partial charge on any atom is -0.487 e. The fourth-order valence-corrected chi connectivity index (χ4v) is 3.50. The first-order chi connectivity index (χ1) is 15.2. The average molecular weight is 451 g/mol. The number of ether oxygens (including phenoxy) is 3. The van der Waals surface area contributed by atoms with E-state index in [4.69, 9.17) is 14.2 Å². The maximum absolute atomic E-state index is 14.6. The maximum Gasteiger partial charge on any atom is 0.419 e. The van der Waals surface area contributed by atoms with E-state index in [0.29, 0.717) is 60.5 Å². The van der Waals surface area contributed by atoms with Crippen LogP contribution in [0.1, 0.15) is 29.9 Å². The summed E-state index contributed by atoms with van der Waals surface area (Å²) in [5.41, 5.74) is -0.875. The lowest BCUT2D eigenvalue weighted by Crippen LogP contribution is -2.15. The molecule has 2 heterocycles. The van der Waals surface area contributed by atoms with Crippen molar-refractivity contribution >= 4 is 16.7 Å². The molecule has 0 fully saturated rings. The third-order valence-electron chi connectivity index (χ3n) is 5.00. The Morgan fingerprint density at radius 2 is 1.69 bits per heavy atom. The van der Waals surface area contributed by atoms with Crippen LogP contribution in [0.3, 0.4) is 0 Å². The first kappa shape index (κ1) is 22.1. The lowest BCUT2D eigenvalue weighted by atomic mass is 10.0. The van der Waals surface area contributed by atoms with Gasteiger partial charge in [0.05, 0.1) is 30.3 Å². The van der Waals surface area contributed by atoms with Gasteiger partial charge in [-0.25, -0.2) is 14.4 Å². The van der Waals surface area contributed by atoms with E-state index < -0.39 is 23.6 Å². The van der Waals surface area contributed by atoms with Crippen LogP contribution in [0.15, 0.2) is 30.3 Å². The Labute approximate surface area is 181 Å². The first-order valence-electron chi connectivity index (χ1n) is 10.0. The highest BCUT2D eigenvalue weighted by Crippen LogP contribution is 2.37. The molecule has 170 valence electrons. The zero-order chi connectivity index (χ0) is 22.9. The molecule has 1 aromatic heterocycles. The molecular weight excluding hydrogens is 430 g/mol. The molecule has 0 unspecified atom stereocenters. The summed E-state index contributed by atoms with van der Waals surface area (Å²) in [5.74, 6) is 0.442. The normalized spacial score (nSPS) is 15.6. The number of benzene rings is 2. The summed E-state index contributed by atoms with van der Waals surface area (Å²) in [6.45, 7) is 4.76. The molecule has 1 N–H and O–H groups in total. The lowest BCUT2D eigenvalue weighted by Gasteiger charge is -2.20. The molecule has 32 heavy (non-hydrogen) atoms. The number of hydrogen-bond donors (Lipinski definition) is 1. The van der Waals surface area contributed by atoms with E-state index in [0.717, 1.165) is 6.07 Å². The summed E-state index contributed by atoms with van der Waals surface area (Å²) in [5, 5.41) is 3.60. The van der Waals surface area contributed by atoms with Gasteiger partial charge in [-0.3, -0.25) is 0 Å². The van der Waals surface area contributed by atoms with Crippen LogP contribution in [-0.2, 0) is 10.9 Å². The minimum atomic E-state index is -4.78. The van der Waals surface area contributed by atoms with Crippen LogP contribution in [0.4, 0.5) is 23.4 Å². The van der Waals surface area contributed by atoms with Crippen LogP contribution in [0.5, 0.6) is 11.5 Å². The number of aromatic nitrogens is 2. The fourth-order valence-electron chi connectivity index (χ4n) is 3.50. The SMILES string of the molecule is Cc1nc(N[C@H](C)c2cccc(C(F)(F)F)c2F)c2cc3c(cc2n1)OCCOCCO3. The van der Waals surface area contributed by atoms with Gasteiger partial charge in [-0.1, -0.05) is 12.1 Å². The number of nitrogens with one attached hydrogen (secondary N) is 1. The molecule has 3 aromatic rings. The van der Waals surface area contributed by atoms with Crippen molar-refractivity contribution in [1.82, 2.24) is 9.97 Å². The standard InChI is InChI=1S/C22H21F4N3O3/c1-12(14-4-3-5-16(20(14)23)22(24,25)26)27-21-15-10-18-19(11-17(15)28-13(2)29-21)32-9-7-30-6-8-31-18/h3-5,10-12H,6-9H2,1-2H3,(H,27,28,29)/t12-/m1/s1. The third kappa shape index (κ3) is 4.55. The van der Waals surface area contributed by atoms with Crippen LogP contribution < -0.4 is 14.8 Å². The highest BCUT2D eigenvalue weighted by molar-refractivity contribution is 5.92. The van der Waals surface area contributed by atoms with Crippen LogP contribution in [0.25, 0.3) is 10.9 Å². The smallest absolute Gasteiger partial charge is 0.419 e. The Hall–Kier alpha value is -3.14. The number of alkyl halides is 3. The number of rotatable bonds is 3. The van der Waals surface area contributed by atoms with Gasteiger partial charge in [0.25, 0.3) is 0 Å². The van der Waals surface area contributed by atoms with E-state index in [-0.39, 0.29) is 5.56 Å². The topological polar surface area (TPSA) is 65.5 Å². The Kier molecular flexibility index (Phi) is 6.05. The minimum absolute atomic E-state index is 0.122. The zero-order valence-corrected chi connectivity index (χ0v) is 17.4. The number of nitrogens with zero attached hydrogens (tertiary/aromatic N) is 2. The summed E-state index contributed by atoms with van der Waals surface area (Å²) in [4.78, 5) is 8.81. The van der Waals surface area contributed by atoms with Gasteiger partial charge in [0, 0.05) is 17.0 Å². The van der Waals surface area contributed by atoms with Gasteiger partial charge in [0.2, 0.25) is 0 Å². The molecule has 0 saturated carbocycles. The van der Waals surface area contributed by atoms with E-state index >= 15 is 0 Å². The Balaban J connectivity index is 1.73. The van der Waals surface area contributed by atoms with Crippen molar-refractivity contribution < 1.29 is 31.8 Å². The molecule has 0 aliphatic carbocycles. The predicted octanol–water partition coefficient (Wildman–Crippen LogP) is 5.06. The van der Waals surface area contributed by atoms with E-state index in [1.807, 2.05) is 0 Å². The second kappa shape index (κ2) is 8.78. The summed E-state index contributed by atoms with van der Waals surface area (Å²) in [6.07, 6.45) is -4.78. The summed E-state index contributed by atoms with van der Waals surface area (Å²) >= 11 is 0. The van der Waals surface area contributed by atoms with Crippen LogP contribution in [-0.4, -0.2) is 36.4 Å². The molecule has 1 atom stereocenters. The highest BCUT2D eigenvalue weighted by atomic mass is 19.4. The molecule has 0 saturated heterocycles. The number of fused-ring (bicyclic) bond motifs is 2. The maximum atomic E-state index is 14.6. The number of halogens is 4. The van der Waals surface area contributed by atoms with Crippen molar-refractivity contribution in [2.24, 2.45) is 0 Å². The first-order valence-corrected chi connectivity index (χ1v) is 10.0. The second-order valence-corrected chi connectivity index (χ2v) is 7.32. The van der Waals surface area contributed by atoms with E-state index in [1.165, 1.54) is 12.1 Å². The molecular formula is C22H21F4N3O3. The number of hydrogen-bond acceptors (Lipinski definition) is 6. The molecule has 0 amide bonds. The van der Waals surface area contributed by atoms with Gasteiger partial charge in [-0.2, -0.15) is 13.2 Å². The Morgan fingerprint density at radius 1 is 1.00 bits per heavy atom. The second-order valence-electron chi connectivity index (χ2n) is 7.32. The van der Waals surface area contributed by atoms with Gasteiger partial charge >= 0.3 is 6.18 Å². The molecule has 0 radical (unpaired) electrons. The van der Waals surface area contributed by atoms with Crippen molar-refractivity contribution in [3.8, 4) is 11.5 Å². The van der Waals surface area contributed by atoms with Crippen LogP contribution >= 0.6 is 0 Å². The third-order valence-corrected chi connectivity index (χ3v) is 5.00. The van der Waals surface area contributed by atoms with Gasteiger partial charge in [-0.15, -0.1) is 0 Å². The van der Waals surface area contributed by atoms with Crippen molar-refractivity contribution in [3.63, 3.8) is 0 Å². The number of aryl methyl sites for hydroxylation is 1. The average Bonchev–Trinajstić information content (AvgIpc) is 2.83. The van der Waals surface area contributed by atoms with Gasteiger partial charge in [0.1, 0.15) is 30.7 Å². The fraction of sp³-hybridized carbons (Fsp3) is 0.364. The molecule has 0 spiro atoms. The molecule has 4 rings (SSSR count). The summed E-state index contributed by atoms with van der Waals surface area (Å²) in [6, 6.07) is 5.83. The Bertz CT molecular complexity index is 1140. The van der Waals surface area contributed by atoms with Crippen molar-refractivity contribution in [2.75, 3.05) is 31.7 Å². The molecule has 0 bridgehead atoms. The van der Waals surface area contributed by atoms with E-state index in [2.05, 4.69) is 15.3 Å². The molecule has 1 aliphatic rings. The summed E-state index contributed by atoms with van der Waals surface area (Å²) in [7, 11) is 0. The highest BCUT2D eigenvalue weighted by Gasteiger charge is 2.35. The van der Waals surface area contributed by atoms with Crippen molar-refractivity contribution in [2.45, 2.75) is 26.1 Å². The molecule has 1 aliphatic heterocycles. The summed E-state index contributed by atoms with van der Waals surface area (Å²) < 4.78 is 70.8. The lowest BCUT2D eigenvalue weighted by molar-refractivity contribution is -0.140. The van der Waals surface area contributed by atoms with Gasteiger partial charge < -0.3 is 19.5 Å². The van der Waals surface area contributed by atoms with Gasteiger partial charge in [0.15, 0.2) is 11.5 Å². The van der Waals surface area contributed by atoms with Gasteiger partial charge in [-0.05, 0) is 26.0 Å². The van der Waals surface area contributed by atoms with E-state index in [9.17, 15) is 17.6 Å². The molecule has 10 heteroatoms. The quantitative estimate of drug-likeness (QED) is 0.562. The number of anilines is 1.